The van der Waals surface area contributed by atoms with E-state index in [1.165, 1.54) is 5.56 Å². The fourth-order valence-corrected chi connectivity index (χ4v) is 3.51. The first kappa shape index (κ1) is 21.6. The molecule has 3 rings (SSSR count). The number of para-hydroxylation sites is 1. The molecule has 2 aromatic carbocycles. The molecule has 0 unspecified atom stereocenters. The second-order valence-electron chi connectivity index (χ2n) is 7.58. The van der Waals surface area contributed by atoms with Gasteiger partial charge in [0.1, 0.15) is 0 Å². The maximum absolute atomic E-state index is 12.2. The minimum atomic E-state index is -0.146. The molecule has 158 valence electrons. The molecular weight excluding hydrogens is 374 g/mol. The van der Waals surface area contributed by atoms with Crippen LogP contribution in [0.5, 0.6) is 0 Å². The van der Waals surface area contributed by atoms with Crippen LogP contribution in [0.2, 0.25) is 0 Å². The third-order valence-corrected chi connectivity index (χ3v) is 5.17. The SMILES string of the molecule is Cc1nn(-c2ccccc2)c(C)c1CNC(=O)NCCCN(C)Cc1ccccc1. The Bertz CT molecular complexity index is 937. The summed E-state index contributed by atoms with van der Waals surface area (Å²) in [6.45, 7) is 6.96. The topological polar surface area (TPSA) is 62.2 Å². The molecule has 0 spiro atoms. The van der Waals surface area contributed by atoms with Crippen molar-refractivity contribution in [1.29, 1.82) is 0 Å². The summed E-state index contributed by atoms with van der Waals surface area (Å²) in [5.41, 5.74) is 5.35. The third kappa shape index (κ3) is 5.94. The molecule has 0 saturated carbocycles. The lowest BCUT2D eigenvalue weighted by Crippen LogP contribution is -2.36. The summed E-state index contributed by atoms with van der Waals surface area (Å²) in [6, 6.07) is 20.3. The monoisotopic (exact) mass is 405 g/mol. The first-order chi connectivity index (χ1) is 14.5. The molecule has 0 radical (unpaired) electrons. The van der Waals surface area contributed by atoms with E-state index in [9.17, 15) is 4.79 Å². The van der Waals surface area contributed by atoms with E-state index in [-0.39, 0.29) is 6.03 Å². The fourth-order valence-electron chi connectivity index (χ4n) is 3.51. The lowest BCUT2D eigenvalue weighted by Gasteiger charge is -2.16. The van der Waals surface area contributed by atoms with Crippen molar-refractivity contribution >= 4 is 6.03 Å². The molecule has 0 aliphatic carbocycles. The van der Waals surface area contributed by atoms with Crippen molar-refractivity contribution in [3.63, 3.8) is 0 Å². The summed E-state index contributed by atoms with van der Waals surface area (Å²) in [6.07, 6.45) is 0.904. The van der Waals surface area contributed by atoms with Gasteiger partial charge in [-0.15, -0.1) is 0 Å². The number of carbonyl (C=O) groups excluding carboxylic acids is 1. The number of hydrogen-bond donors (Lipinski definition) is 2. The van der Waals surface area contributed by atoms with Gasteiger partial charge in [0.15, 0.2) is 0 Å². The number of amides is 2. The Labute approximate surface area is 178 Å². The maximum atomic E-state index is 12.2. The maximum Gasteiger partial charge on any atom is 0.315 e. The van der Waals surface area contributed by atoms with Gasteiger partial charge in [-0.2, -0.15) is 5.10 Å². The van der Waals surface area contributed by atoms with Gasteiger partial charge in [0.25, 0.3) is 0 Å². The van der Waals surface area contributed by atoms with Gasteiger partial charge in [-0.25, -0.2) is 9.48 Å². The molecule has 2 N–H and O–H groups in total. The zero-order chi connectivity index (χ0) is 21.3. The Morgan fingerprint density at radius 1 is 1.00 bits per heavy atom. The zero-order valence-corrected chi connectivity index (χ0v) is 18.1. The molecule has 0 saturated heterocycles. The van der Waals surface area contributed by atoms with Crippen LogP contribution in [0.3, 0.4) is 0 Å². The number of urea groups is 1. The predicted octanol–water partition coefficient (Wildman–Crippen LogP) is 3.81. The van der Waals surface area contributed by atoms with E-state index in [1.54, 1.807) is 0 Å². The molecular formula is C24H31N5O. The first-order valence-electron chi connectivity index (χ1n) is 10.4. The van der Waals surface area contributed by atoms with Crippen molar-refractivity contribution < 1.29 is 4.79 Å². The molecule has 0 aliphatic rings. The molecule has 0 fully saturated rings. The van der Waals surface area contributed by atoms with Gasteiger partial charge < -0.3 is 15.5 Å². The van der Waals surface area contributed by atoms with Crippen LogP contribution in [0.1, 0.15) is 28.9 Å². The molecule has 2 amide bonds. The lowest BCUT2D eigenvalue weighted by atomic mass is 10.2. The molecule has 30 heavy (non-hydrogen) atoms. The van der Waals surface area contributed by atoms with Crippen LogP contribution in [0, 0.1) is 13.8 Å². The Hall–Kier alpha value is -3.12. The second-order valence-corrected chi connectivity index (χ2v) is 7.58. The van der Waals surface area contributed by atoms with Gasteiger partial charge in [0.05, 0.1) is 11.4 Å². The number of aryl methyl sites for hydroxylation is 1. The molecule has 0 bridgehead atoms. The average Bonchev–Trinajstić information content (AvgIpc) is 3.04. The second kappa shape index (κ2) is 10.6. The van der Waals surface area contributed by atoms with E-state index in [1.807, 2.05) is 54.9 Å². The number of aromatic nitrogens is 2. The number of hydrogen-bond acceptors (Lipinski definition) is 3. The van der Waals surface area contributed by atoms with Gasteiger partial charge in [0, 0.05) is 30.9 Å². The molecule has 0 aliphatic heterocycles. The molecule has 1 heterocycles. The summed E-state index contributed by atoms with van der Waals surface area (Å²) >= 11 is 0. The largest absolute Gasteiger partial charge is 0.338 e. The number of rotatable bonds is 9. The van der Waals surface area contributed by atoms with E-state index in [2.05, 4.69) is 51.9 Å². The predicted molar refractivity (Wildman–Crippen MR) is 121 cm³/mol. The van der Waals surface area contributed by atoms with Crippen molar-refractivity contribution in [2.45, 2.75) is 33.4 Å². The Kier molecular flexibility index (Phi) is 7.63. The highest BCUT2D eigenvalue weighted by Crippen LogP contribution is 2.17. The van der Waals surface area contributed by atoms with Crippen molar-refractivity contribution in [2.24, 2.45) is 0 Å². The summed E-state index contributed by atoms with van der Waals surface area (Å²) in [5.74, 6) is 0. The van der Waals surface area contributed by atoms with E-state index in [4.69, 9.17) is 0 Å². The Balaban J connectivity index is 1.40. The summed E-state index contributed by atoms with van der Waals surface area (Å²) in [7, 11) is 2.10. The van der Waals surface area contributed by atoms with Gasteiger partial charge in [0.2, 0.25) is 0 Å². The van der Waals surface area contributed by atoms with E-state index < -0.39 is 0 Å². The zero-order valence-electron chi connectivity index (χ0n) is 18.1. The minimum Gasteiger partial charge on any atom is -0.338 e. The van der Waals surface area contributed by atoms with Gasteiger partial charge in [-0.05, 0) is 51.6 Å². The fraction of sp³-hybridized carbons (Fsp3) is 0.333. The van der Waals surface area contributed by atoms with Crippen LogP contribution in [-0.4, -0.2) is 40.8 Å². The van der Waals surface area contributed by atoms with Crippen molar-refractivity contribution in [3.8, 4) is 5.69 Å². The first-order valence-corrected chi connectivity index (χ1v) is 10.4. The standard InChI is InChI=1S/C24H31N5O/c1-19-23(20(2)29(27-19)22-13-8-5-9-14-22)17-26-24(30)25-15-10-16-28(3)18-21-11-6-4-7-12-21/h4-9,11-14H,10,15-18H2,1-3H3,(H2,25,26,30). The quantitative estimate of drug-likeness (QED) is 0.532. The molecule has 6 heteroatoms. The highest BCUT2D eigenvalue weighted by molar-refractivity contribution is 5.73. The van der Waals surface area contributed by atoms with Crippen LogP contribution in [0.4, 0.5) is 4.79 Å². The van der Waals surface area contributed by atoms with Crippen LogP contribution in [0.15, 0.2) is 60.7 Å². The van der Waals surface area contributed by atoms with Gasteiger partial charge in [-0.3, -0.25) is 0 Å². The number of carbonyl (C=O) groups is 1. The highest BCUT2D eigenvalue weighted by atomic mass is 16.2. The highest BCUT2D eigenvalue weighted by Gasteiger charge is 2.13. The van der Waals surface area contributed by atoms with Crippen molar-refractivity contribution in [3.05, 3.63) is 83.2 Å². The Morgan fingerprint density at radius 3 is 2.37 bits per heavy atom. The average molecular weight is 406 g/mol. The molecule has 6 nitrogen and oxygen atoms in total. The van der Waals surface area contributed by atoms with Gasteiger partial charge in [-0.1, -0.05) is 48.5 Å². The number of benzene rings is 2. The van der Waals surface area contributed by atoms with Crippen LogP contribution in [0.25, 0.3) is 5.69 Å². The molecule has 3 aromatic rings. The summed E-state index contributed by atoms with van der Waals surface area (Å²) < 4.78 is 1.92. The smallest absolute Gasteiger partial charge is 0.315 e. The molecule has 1 aromatic heterocycles. The van der Waals surface area contributed by atoms with Crippen LogP contribution >= 0.6 is 0 Å². The summed E-state index contributed by atoms with van der Waals surface area (Å²) in [5, 5.41) is 10.5. The van der Waals surface area contributed by atoms with Gasteiger partial charge >= 0.3 is 6.03 Å². The third-order valence-electron chi connectivity index (χ3n) is 5.17. The Morgan fingerprint density at radius 2 is 1.67 bits per heavy atom. The van der Waals surface area contributed by atoms with E-state index in [0.29, 0.717) is 13.1 Å². The molecule has 0 atom stereocenters. The van der Waals surface area contributed by atoms with Crippen LogP contribution < -0.4 is 10.6 Å². The van der Waals surface area contributed by atoms with E-state index in [0.717, 1.165) is 42.1 Å². The van der Waals surface area contributed by atoms with E-state index >= 15 is 0 Å². The number of nitrogens with one attached hydrogen (secondary N) is 2. The van der Waals surface area contributed by atoms with Crippen molar-refractivity contribution in [1.82, 2.24) is 25.3 Å². The van der Waals surface area contributed by atoms with Crippen LogP contribution in [-0.2, 0) is 13.1 Å². The normalized spacial score (nSPS) is 10.9. The lowest BCUT2D eigenvalue weighted by molar-refractivity contribution is 0.239. The van der Waals surface area contributed by atoms with Crippen molar-refractivity contribution in [2.75, 3.05) is 20.1 Å². The number of nitrogens with zero attached hydrogens (tertiary/aromatic N) is 3. The minimum absolute atomic E-state index is 0.146. The summed E-state index contributed by atoms with van der Waals surface area (Å²) in [4.78, 5) is 14.5.